The molecule has 0 saturated carbocycles. The smallest absolute Gasteiger partial charge is 0.275 e. The maximum absolute atomic E-state index is 12.4. The summed E-state index contributed by atoms with van der Waals surface area (Å²) < 4.78 is 0.966. The van der Waals surface area contributed by atoms with Crippen molar-refractivity contribution in [1.29, 1.82) is 0 Å². The maximum Gasteiger partial charge on any atom is 0.275 e. The monoisotopic (exact) mass is 356 g/mol. The third-order valence-electron chi connectivity index (χ3n) is 3.87. The van der Waals surface area contributed by atoms with Crippen molar-refractivity contribution < 1.29 is 4.79 Å². The van der Waals surface area contributed by atoms with E-state index in [0.717, 1.165) is 44.5 Å². The minimum atomic E-state index is -0.135. The molecule has 0 atom stereocenters. The molecule has 4 heteroatoms. The Balaban J connectivity index is 2.18. The molecular weight excluding hydrogens is 340 g/mol. The van der Waals surface area contributed by atoms with Crippen molar-refractivity contribution in [2.24, 2.45) is 4.99 Å². The van der Waals surface area contributed by atoms with Gasteiger partial charge in [0, 0.05) is 10.0 Å². The van der Waals surface area contributed by atoms with Crippen LogP contribution in [0.1, 0.15) is 29.2 Å². The quantitative estimate of drug-likeness (QED) is 0.832. The molecule has 1 heterocycles. The van der Waals surface area contributed by atoms with Gasteiger partial charge in [0.05, 0.1) is 11.4 Å². The van der Waals surface area contributed by atoms with Gasteiger partial charge in [-0.25, -0.2) is 4.99 Å². The molecule has 0 bridgehead atoms. The Kier molecular flexibility index (Phi) is 3.87. The van der Waals surface area contributed by atoms with E-state index >= 15 is 0 Å². The molecule has 0 unspecified atom stereocenters. The van der Waals surface area contributed by atoms with E-state index in [9.17, 15) is 4.79 Å². The van der Waals surface area contributed by atoms with Crippen LogP contribution in [-0.4, -0.2) is 11.6 Å². The van der Waals surface area contributed by atoms with Crippen molar-refractivity contribution in [3.8, 4) is 0 Å². The summed E-state index contributed by atoms with van der Waals surface area (Å²) in [5.74, 6) is -0.135. The molecular formula is C18H17BrN2O. The lowest BCUT2D eigenvalue weighted by molar-refractivity contribution is -0.110. The van der Waals surface area contributed by atoms with Crippen LogP contribution in [0.3, 0.4) is 0 Å². The number of aryl methyl sites for hydroxylation is 3. The van der Waals surface area contributed by atoms with Crippen molar-refractivity contribution in [2.45, 2.75) is 27.2 Å². The van der Waals surface area contributed by atoms with E-state index in [1.54, 1.807) is 0 Å². The van der Waals surface area contributed by atoms with Gasteiger partial charge in [-0.2, -0.15) is 0 Å². The first-order valence-corrected chi connectivity index (χ1v) is 8.09. The summed E-state index contributed by atoms with van der Waals surface area (Å²) in [7, 11) is 0. The number of rotatable bonds is 2. The fraction of sp³-hybridized carbons (Fsp3) is 0.222. The van der Waals surface area contributed by atoms with Crippen LogP contribution in [0.5, 0.6) is 0 Å². The van der Waals surface area contributed by atoms with E-state index in [0.29, 0.717) is 5.71 Å². The van der Waals surface area contributed by atoms with Gasteiger partial charge < -0.3 is 5.32 Å². The van der Waals surface area contributed by atoms with Gasteiger partial charge in [0.2, 0.25) is 0 Å². The average molecular weight is 357 g/mol. The number of nitrogens with one attached hydrogen (secondary N) is 1. The summed E-state index contributed by atoms with van der Waals surface area (Å²) in [6.45, 7) is 6.11. The van der Waals surface area contributed by atoms with E-state index in [1.165, 1.54) is 0 Å². The first-order valence-electron chi connectivity index (χ1n) is 7.29. The average Bonchev–Trinajstić information content (AvgIpc) is 2.78. The van der Waals surface area contributed by atoms with Gasteiger partial charge in [-0.1, -0.05) is 35.0 Å². The van der Waals surface area contributed by atoms with Crippen LogP contribution >= 0.6 is 15.9 Å². The van der Waals surface area contributed by atoms with E-state index in [1.807, 2.05) is 44.2 Å². The first kappa shape index (κ1) is 15.0. The van der Waals surface area contributed by atoms with Gasteiger partial charge in [-0.3, -0.25) is 4.79 Å². The molecule has 0 aromatic heterocycles. The van der Waals surface area contributed by atoms with Crippen LogP contribution < -0.4 is 5.32 Å². The van der Waals surface area contributed by atoms with E-state index in [4.69, 9.17) is 0 Å². The fourth-order valence-corrected chi connectivity index (χ4v) is 3.15. The highest BCUT2D eigenvalue weighted by Gasteiger charge is 2.28. The molecule has 1 amide bonds. The number of amides is 1. The Morgan fingerprint density at radius 3 is 2.68 bits per heavy atom. The summed E-state index contributed by atoms with van der Waals surface area (Å²) in [5.41, 5.74) is 6.40. The highest BCUT2D eigenvalue weighted by Crippen LogP contribution is 2.33. The van der Waals surface area contributed by atoms with Crippen LogP contribution in [0, 0.1) is 13.8 Å². The van der Waals surface area contributed by atoms with Crippen molar-refractivity contribution in [2.75, 3.05) is 5.32 Å². The fourth-order valence-electron chi connectivity index (χ4n) is 2.64. The molecule has 0 fully saturated rings. The molecule has 2 aromatic rings. The Morgan fingerprint density at radius 2 is 1.95 bits per heavy atom. The van der Waals surface area contributed by atoms with Gasteiger partial charge >= 0.3 is 0 Å². The van der Waals surface area contributed by atoms with Crippen LogP contribution in [0.15, 0.2) is 39.8 Å². The zero-order chi connectivity index (χ0) is 15.9. The number of anilines is 1. The maximum atomic E-state index is 12.4. The topological polar surface area (TPSA) is 41.5 Å². The summed E-state index contributed by atoms with van der Waals surface area (Å²) in [6, 6.07) is 10.1. The summed E-state index contributed by atoms with van der Waals surface area (Å²) in [6.07, 6.45) is 0.860. The molecule has 0 aliphatic carbocycles. The Labute approximate surface area is 138 Å². The number of carbonyl (C=O) groups excluding carboxylic acids is 1. The van der Waals surface area contributed by atoms with Crippen LogP contribution in [-0.2, 0) is 11.2 Å². The number of hydrogen-bond acceptors (Lipinski definition) is 2. The molecule has 1 N–H and O–H groups in total. The Bertz CT molecular complexity index is 809. The van der Waals surface area contributed by atoms with E-state index in [-0.39, 0.29) is 5.91 Å². The van der Waals surface area contributed by atoms with Gasteiger partial charge in [-0.15, -0.1) is 0 Å². The van der Waals surface area contributed by atoms with Gasteiger partial charge in [0.25, 0.3) is 5.91 Å². The van der Waals surface area contributed by atoms with Crippen molar-refractivity contribution in [1.82, 2.24) is 0 Å². The molecule has 0 saturated heterocycles. The molecule has 0 spiro atoms. The zero-order valence-corrected chi connectivity index (χ0v) is 14.4. The first-order chi connectivity index (χ1) is 10.5. The van der Waals surface area contributed by atoms with Gasteiger partial charge in [0.15, 0.2) is 0 Å². The summed E-state index contributed by atoms with van der Waals surface area (Å²) in [5, 5.41) is 2.96. The number of hydrogen-bond donors (Lipinski definition) is 1. The van der Waals surface area contributed by atoms with Crippen LogP contribution in [0.4, 0.5) is 11.4 Å². The second-order valence-electron chi connectivity index (χ2n) is 5.55. The standard InChI is InChI=1S/C18H17BrN2O/c1-4-12-8-13(19)9-14-16(12)21-18(22)17(14)20-15-7-10(2)5-6-11(15)3/h5-9H,4H2,1-3H3,(H,20,21,22). The molecule has 3 nitrogen and oxygen atoms in total. The predicted octanol–water partition coefficient (Wildman–Crippen LogP) is 4.70. The van der Waals surface area contributed by atoms with Crippen molar-refractivity contribution >= 4 is 38.9 Å². The van der Waals surface area contributed by atoms with Gasteiger partial charge in [-0.05, 0) is 55.2 Å². The normalized spacial score (nSPS) is 15.1. The van der Waals surface area contributed by atoms with Gasteiger partial charge in [0.1, 0.15) is 5.71 Å². The lowest BCUT2D eigenvalue weighted by atomic mass is 10.0. The minimum absolute atomic E-state index is 0.135. The molecule has 0 radical (unpaired) electrons. The largest absolute Gasteiger partial charge is 0.320 e. The third kappa shape index (κ3) is 2.59. The van der Waals surface area contributed by atoms with Crippen LogP contribution in [0.25, 0.3) is 0 Å². The summed E-state index contributed by atoms with van der Waals surface area (Å²) in [4.78, 5) is 17.0. The molecule has 2 aromatic carbocycles. The number of fused-ring (bicyclic) bond motifs is 1. The molecule has 3 rings (SSSR count). The number of benzene rings is 2. The number of nitrogens with zero attached hydrogens (tertiary/aromatic N) is 1. The number of carbonyl (C=O) groups is 1. The van der Waals surface area contributed by atoms with E-state index < -0.39 is 0 Å². The Hall–Kier alpha value is -1.94. The number of halogens is 1. The molecule has 22 heavy (non-hydrogen) atoms. The second-order valence-corrected chi connectivity index (χ2v) is 6.46. The number of aliphatic imine (C=N–C) groups is 1. The van der Waals surface area contributed by atoms with Crippen molar-refractivity contribution in [3.05, 3.63) is 57.1 Å². The predicted molar refractivity (Wildman–Crippen MR) is 94.3 cm³/mol. The highest BCUT2D eigenvalue weighted by molar-refractivity contribution is 9.10. The SMILES string of the molecule is CCc1cc(Br)cc2c1NC(=O)C2=Nc1cc(C)ccc1C. The van der Waals surface area contributed by atoms with E-state index in [2.05, 4.69) is 33.2 Å². The lowest BCUT2D eigenvalue weighted by Crippen LogP contribution is -2.14. The van der Waals surface area contributed by atoms with Crippen molar-refractivity contribution in [3.63, 3.8) is 0 Å². The third-order valence-corrected chi connectivity index (χ3v) is 4.33. The molecule has 1 aliphatic heterocycles. The molecule has 1 aliphatic rings. The van der Waals surface area contributed by atoms with Crippen LogP contribution in [0.2, 0.25) is 0 Å². The summed E-state index contributed by atoms with van der Waals surface area (Å²) >= 11 is 3.52. The second kappa shape index (κ2) is 5.69. The lowest BCUT2D eigenvalue weighted by Gasteiger charge is -2.06. The highest BCUT2D eigenvalue weighted by atomic mass is 79.9. The minimum Gasteiger partial charge on any atom is -0.320 e. The molecule has 112 valence electrons. The Morgan fingerprint density at radius 1 is 1.18 bits per heavy atom. The zero-order valence-electron chi connectivity index (χ0n) is 12.8.